The van der Waals surface area contributed by atoms with E-state index in [2.05, 4.69) is 18.5 Å². The highest BCUT2D eigenvalue weighted by Crippen LogP contribution is 1.90. The first kappa shape index (κ1) is 14.4. The molecule has 0 unspecified atom stereocenters. The van der Waals surface area contributed by atoms with Crippen LogP contribution in [0.5, 0.6) is 0 Å². The van der Waals surface area contributed by atoms with Crippen molar-refractivity contribution >= 4 is 11.9 Å². The maximum absolute atomic E-state index is 11.0. The molecule has 0 aromatic heterocycles. The topological polar surface area (TPSA) is 64.6 Å². The van der Waals surface area contributed by atoms with Crippen LogP contribution in [0.4, 0.5) is 0 Å². The Morgan fingerprint density at radius 1 is 1.38 bits per heavy atom. The highest BCUT2D eigenvalue weighted by molar-refractivity contribution is 5.86. The summed E-state index contributed by atoms with van der Waals surface area (Å²) in [4.78, 5) is 21.9. The van der Waals surface area contributed by atoms with Crippen molar-refractivity contribution in [3.8, 4) is 0 Å². The van der Waals surface area contributed by atoms with E-state index in [1.165, 1.54) is 6.08 Å². The number of carbonyl (C=O) groups excluding carboxylic acids is 2. The summed E-state index contributed by atoms with van der Waals surface area (Å²) >= 11 is 0. The van der Waals surface area contributed by atoms with Crippen molar-refractivity contribution in [2.24, 2.45) is 0 Å². The van der Waals surface area contributed by atoms with Gasteiger partial charge in [-0.3, -0.25) is 4.79 Å². The standard InChI is InChI=1S/C11H17NO4/c1-4-6-15-10(13)8-12-5-7-16-11(14)9(2)3/h4,12H,1-2,5-8H2,3H3. The van der Waals surface area contributed by atoms with E-state index in [9.17, 15) is 9.59 Å². The van der Waals surface area contributed by atoms with E-state index in [4.69, 9.17) is 9.47 Å². The minimum absolute atomic E-state index is 0.0818. The molecule has 0 saturated carbocycles. The lowest BCUT2D eigenvalue weighted by Crippen LogP contribution is -2.28. The first-order valence-corrected chi connectivity index (χ1v) is 4.87. The zero-order chi connectivity index (χ0) is 12.4. The molecule has 0 heterocycles. The van der Waals surface area contributed by atoms with Crippen LogP contribution in [0.15, 0.2) is 24.8 Å². The Morgan fingerprint density at radius 2 is 2.06 bits per heavy atom. The fraction of sp³-hybridized carbons (Fsp3) is 0.455. The molecular weight excluding hydrogens is 210 g/mol. The van der Waals surface area contributed by atoms with Crippen molar-refractivity contribution < 1.29 is 19.1 Å². The summed E-state index contributed by atoms with van der Waals surface area (Å²) in [6.07, 6.45) is 1.49. The van der Waals surface area contributed by atoms with Gasteiger partial charge < -0.3 is 14.8 Å². The molecule has 0 bridgehead atoms. The lowest BCUT2D eigenvalue weighted by Gasteiger charge is -2.05. The molecule has 1 N–H and O–H groups in total. The van der Waals surface area contributed by atoms with Crippen molar-refractivity contribution in [1.29, 1.82) is 0 Å². The van der Waals surface area contributed by atoms with Gasteiger partial charge in [0.25, 0.3) is 0 Å². The largest absolute Gasteiger partial charge is 0.461 e. The van der Waals surface area contributed by atoms with Gasteiger partial charge in [-0.2, -0.15) is 0 Å². The number of hydrogen-bond acceptors (Lipinski definition) is 5. The first-order valence-electron chi connectivity index (χ1n) is 4.87. The predicted octanol–water partition coefficient (Wildman–Crippen LogP) is 0.424. The van der Waals surface area contributed by atoms with Crippen LogP contribution in [0.3, 0.4) is 0 Å². The molecule has 0 amide bonds. The van der Waals surface area contributed by atoms with Gasteiger partial charge in [0, 0.05) is 12.1 Å². The van der Waals surface area contributed by atoms with Crippen molar-refractivity contribution in [3.63, 3.8) is 0 Å². The zero-order valence-electron chi connectivity index (χ0n) is 9.45. The van der Waals surface area contributed by atoms with Crippen molar-refractivity contribution in [2.75, 3.05) is 26.3 Å². The Morgan fingerprint density at radius 3 is 2.62 bits per heavy atom. The Kier molecular flexibility index (Phi) is 7.79. The Hall–Kier alpha value is -1.62. The average Bonchev–Trinajstić information content (AvgIpc) is 2.25. The van der Waals surface area contributed by atoms with E-state index < -0.39 is 5.97 Å². The molecule has 90 valence electrons. The van der Waals surface area contributed by atoms with Crippen molar-refractivity contribution in [1.82, 2.24) is 5.32 Å². The van der Waals surface area contributed by atoms with Crippen LogP contribution in [0.2, 0.25) is 0 Å². The first-order chi connectivity index (χ1) is 7.57. The summed E-state index contributed by atoms with van der Waals surface area (Å²) in [6, 6.07) is 0. The third kappa shape index (κ3) is 7.75. The van der Waals surface area contributed by atoms with Gasteiger partial charge in [-0.1, -0.05) is 19.2 Å². The minimum Gasteiger partial charge on any atom is -0.461 e. The third-order valence-corrected chi connectivity index (χ3v) is 1.49. The average molecular weight is 227 g/mol. The number of esters is 2. The summed E-state index contributed by atoms with van der Waals surface area (Å²) in [7, 11) is 0. The summed E-state index contributed by atoms with van der Waals surface area (Å²) in [6.45, 7) is 9.29. The monoisotopic (exact) mass is 227 g/mol. The molecule has 16 heavy (non-hydrogen) atoms. The van der Waals surface area contributed by atoms with Crippen LogP contribution < -0.4 is 5.32 Å². The Labute approximate surface area is 95.1 Å². The maximum Gasteiger partial charge on any atom is 0.333 e. The number of hydrogen-bond donors (Lipinski definition) is 1. The van der Waals surface area contributed by atoms with Gasteiger partial charge >= 0.3 is 11.9 Å². The van der Waals surface area contributed by atoms with Gasteiger partial charge in [0.15, 0.2) is 0 Å². The Bertz CT molecular complexity index is 273. The van der Waals surface area contributed by atoms with E-state index in [0.717, 1.165) is 0 Å². The van der Waals surface area contributed by atoms with E-state index in [1.54, 1.807) is 6.92 Å². The number of ether oxygens (including phenoxy) is 2. The third-order valence-electron chi connectivity index (χ3n) is 1.49. The van der Waals surface area contributed by atoms with Gasteiger partial charge in [0.05, 0.1) is 6.54 Å². The van der Waals surface area contributed by atoms with E-state index >= 15 is 0 Å². The fourth-order valence-electron chi connectivity index (χ4n) is 0.732. The fourth-order valence-corrected chi connectivity index (χ4v) is 0.732. The highest BCUT2D eigenvalue weighted by Gasteiger charge is 2.03. The Balaban J connectivity index is 3.39. The molecular formula is C11H17NO4. The smallest absolute Gasteiger partial charge is 0.333 e. The second-order valence-electron chi connectivity index (χ2n) is 3.06. The highest BCUT2D eigenvalue weighted by atomic mass is 16.5. The van der Waals surface area contributed by atoms with Crippen LogP contribution >= 0.6 is 0 Å². The normalized spacial score (nSPS) is 9.31. The molecule has 0 aromatic rings. The van der Waals surface area contributed by atoms with Gasteiger partial charge in [-0.05, 0) is 6.92 Å². The SMILES string of the molecule is C=CCOC(=O)CNCCOC(=O)C(=C)C. The van der Waals surface area contributed by atoms with Crippen LogP contribution in [0, 0.1) is 0 Å². The molecule has 0 aliphatic carbocycles. The molecule has 0 aliphatic rings. The number of rotatable bonds is 8. The minimum atomic E-state index is -0.434. The quantitative estimate of drug-likeness (QED) is 0.282. The van der Waals surface area contributed by atoms with Crippen LogP contribution in [0.25, 0.3) is 0 Å². The van der Waals surface area contributed by atoms with Crippen molar-refractivity contribution in [3.05, 3.63) is 24.8 Å². The molecule has 0 radical (unpaired) electrons. The molecule has 0 spiro atoms. The molecule has 0 atom stereocenters. The second kappa shape index (κ2) is 8.67. The molecule has 0 fully saturated rings. The van der Waals surface area contributed by atoms with Gasteiger partial charge in [-0.15, -0.1) is 0 Å². The van der Waals surface area contributed by atoms with Gasteiger partial charge in [-0.25, -0.2) is 4.79 Å². The number of nitrogens with one attached hydrogen (secondary N) is 1. The van der Waals surface area contributed by atoms with Gasteiger partial charge in [0.2, 0.25) is 0 Å². The van der Waals surface area contributed by atoms with E-state index in [1.807, 2.05) is 0 Å². The predicted molar refractivity (Wildman–Crippen MR) is 59.8 cm³/mol. The summed E-state index contributed by atoms with van der Waals surface area (Å²) < 4.78 is 9.51. The molecule has 5 heteroatoms. The molecule has 5 nitrogen and oxygen atoms in total. The number of carbonyl (C=O) groups is 2. The van der Waals surface area contributed by atoms with Crippen LogP contribution in [-0.4, -0.2) is 38.2 Å². The van der Waals surface area contributed by atoms with E-state index in [-0.39, 0.29) is 25.7 Å². The van der Waals surface area contributed by atoms with Crippen molar-refractivity contribution in [2.45, 2.75) is 6.92 Å². The zero-order valence-corrected chi connectivity index (χ0v) is 9.45. The van der Waals surface area contributed by atoms with E-state index in [0.29, 0.717) is 12.1 Å². The second-order valence-corrected chi connectivity index (χ2v) is 3.06. The summed E-state index contributed by atoms with van der Waals surface area (Å²) in [5, 5.41) is 2.77. The molecule has 0 aliphatic heterocycles. The van der Waals surface area contributed by atoms with Gasteiger partial charge in [0.1, 0.15) is 13.2 Å². The van der Waals surface area contributed by atoms with Crippen LogP contribution in [0.1, 0.15) is 6.92 Å². The lowest BCUT2D eigenvalue weighted by molar-refractivity contribution is -0.141. The molecule has 0 aromatic carbocycles. The maximum atomic E-state index is 11.0. The summed E-state index contributed by atoms with van der Waals surface area (Å²) in [5.41, 5.74) is 0.352. The molecule has 0 rings (SSSR count). The summed E-state index contributed by atoms with van der Waals surface area (Å²) in [5.74, 6) is -0.804. The molecule has 0 saturated heterocycles. The lowest BCUT2D eigenvalue weighted by atomic mass is 10.4. The van der Waals surface area contributed by atoms with Crippen LogP contribution in [-0.2, 0) is 19.1 Å².